The highest BCUT2D eigenvalue weighted by Gasteiger charge is 2.41. The van der Waals surface area contributed by atoms with Crippen LogP contribution >= 0.6 is 11.3 Å². The molecule has 2 aromatic rings. The Hall–Kier alpha value is -2.14. The van der Waals surface area contributed by atoms with Gasteiger partial charge in [-0.3, -0.25) is 9.59 Å². The maximum absolute atomic E-state index is 12.8. The van der Waals surface area contributed by atoms with Gasteiger partial charge in [-0.15, -0.1) is 11.3 Å². The van der Waals surface area contributed by atoms with Crippen LogP contribution in [0, 0.1) is 5.41 Å². The van der Waals surface area contributed by atoms with Crippen LogP contribution in [0.3, 0.4) is 0 Å². The van der Waals surface area contributed by atoms with Gasteiger partial charge in [0.1, 0.15) is 0 Å². The van der Waals surface area contributed by atoms with Gasteiger partial charge in [0.15, 0.2) is 0 Å². The van der Waals surface area contributed by atoms with Crippen LogP contribution in [0.25, 0.3) is 10.4 Å². The Labute approximate surface area is 151 Å². The lowest BCUT2D eigenvalue weighted by molar-refractivity contribution is 0.0773. The van der Waals surface area contributed by atoms with Crippen LogP contribution in [-0.4, -0.2) is 29.8 Å². The number of carbonyl (C=O) groups excluding carboxylic acids is 2. The first-order chi connectivity index (χ1) is 12.1. The summed E-state index contributed by atoms with van der Waals surface area (Å²) in [4.78, 5) is 27.6. The lowest BCUT2D eigenvalue weighted by Gasteiger charge is -2.23. The smallest absolute Gasteiger partial charge is 0.258 e. The minimum Gasteiger partial charge on any atom is -0.365 e. The molecule has 4 nitrogen and oxygen atoms in total. The molecule has 2 N–H and O–H groups in total. The second kappa shape index (κ2) is 6.30. The van der Waals surface area contributed by atoms with Crippen molar-refractivity contribution in [2.45, 2.75) is 32.1 Å². The van der Waals surface area contributed by atoms with Gasteiger partial charge in [0, 0.05) is 23.5 Å². The highest BCUT2D eigenvalue weighted by molar-refractivity contribution is 7.17. The molecule has 0 bridgehead atoms. The number of benzene rings is 1. The Morgan fingerprint density at radius 2 is 1.72 bits per heavy atom. The molecule has 0 unspecified atom stereocenters. The number of nitrogens with zero attached hydrogens (tertiary/aromatic N) is 1. The third-order valence-electron chi connectivity index (χ3n) is 5.65. The molecular formula is C20H22N2O2S. The number of hydrogen-bond donors (Lipinski definition) is 1. The standard InChI is InChI=1S/C20H22N2O2S/c21-18(23)17-8-7-16(25-17)14-3-5-15(6-4-14)19(24)22-12-11-20(13-22)9-1-2-10-20/h3-8H,1-2,9-13H2,(H2,21,23). The van der Waals surface area contributed by atoms with Crippen LogP contribution in [0.5, 0.6) is 0 Å². The van der Waals surface area contributed by atoms with Crippen LogP contribution in [0.15, 0.2) is 36.4 Å². The first-order valence-corrected chi connectivity index (χ1v) is 9.67. The summed E-state index contributed by atoms with van der Waals surface area (Å²) in [5, 5.41) is 0. The second-order valence-corrected chi connectivity index (χ2v) is 8.37. The summed E-state index contributed by atoms with van der Waals surface area (Å²) in [5.74, 6) is -0.266. The van der Waals surface area contributed by atoms with E-state index in [-0.39, 0.29) is 5.91 Å². The number of carbonyl (C=O) groups is 2. The first-order valence-electron chi connectivity index (χ1n) is 8.86. The van der Waals surface area contributed by atoms with E-state index < -0.39 is 5.91 Å². The monoisotopic (exact) mass is 354 g/mol. The van der Waals surface area contributed by atoms with Crippen molar-refractivity contribution in [2.75, 3.05) is 13.1 Å². The van der Waals surface area contributed by atoms with Gasteiger partial charge in [0.25, 0.3) is 11.8 Å². The Morgan fingerprint density at radius 1 is 1.00 bits per heavy atom. The molecule has 130 valence electrons. The van der Waals surface area contributed by atoms with Crippen molar-refractivity contribution in [2.24, 2.45) is 11.1 Å². The van der Waals surface area contributed by atoms with E-state index in [1.807, 2.05) is 35.2 Å². The van der Waals surface area contributed by atoms with Gasteiger partial charge in [0.05, 0.1) is 4.88 Å². The van der Waals surface area contributed by atoms with Crippen LogP contribution in [0.2, 0.25) is 0 Å². The van der Waals surface area contributed by atoms with Crippen molar-refractivity contribution in [1.29, 1.82) is 0 Å². The lowest BCUT2D eigenvalue weighted by atomic mass is 9.86. The zero-order chi connectivity index (χ0) is 17.4. The minimum atomic E-state index is -0.405. The normalized spacial score (nSPS) is 18.8. The van der Waals surface area contributed by atoms with Gasteiger partial charge >= 0.3 is 0 Å². The van der Waals surface area contributed by atoms with Crippen molar-refractivity contribution in [1.82, 2.24) is 4.90 Å². The van der Waals surface area contributed by atoms with Crippen molar-refractivity contribution in [3.05, 3.63) is 46.8 Å². The van der Waals surface area contributed by atoms with E-state index >= 15 is 0 Å². The van der Waals surface area contributed by atoms with Crippen molar-refractivity contribution in [3.63, 3.8) is 0 Å². The molecule has 0 radical (unpaired) electrons. The fraction of sp³-hybridized carbons (Fsp3) is 0.400. The summed E-state index contributed by atoms with van der Waals surface area (Å²) in [6, 6.07) is 11.3. The zero-order valence-electron chi connectivity index (χ0n) is 14.2. The Morgan fingerprint density at radius 3 is 2.36 bits per heavy atom. The zero-order valence-corrected chi connectivity index (χ0v) is 15.0. The van der Waals surface area contributed by atoms with Crippen LogP contribution in [-0.2, 0) is 0 Å². The second-order valence-electron chi connectivity index (χ2n) is 7.29. The number of nitrogens with two attached hydrogens (primary N) is 1. The lowest BCUT2D eigenvalue weighted by Crippen LogP contribution is -2.31. The average molecular weight is 354 g/mol. The summed E-state index contributed by atoms with van der Waals surface area (Å²) < 4.78 is 0. The van der Waals surface area contributed by atoms with Crippen molar-refractivity contribution in [3.8, 4) is 10.4 Å². The highest BCUT2D eigenvalue weighted by atomic mass is 32.1. The molecule has 1 saturated heterocycles. The molecule has 0 atom stereocenters. The molecular weight excluding hydrogens is 332 g/mol. The maximum atomic E-state index is 12.8. The molecule has 1 aromatic carbocycles. The number of primary amides is 1. The van der Waals surface area contributed by atoms with Crippen LogP contribution in [0.4, 0.5) is 0 Å². The van der Waals surface area contributed by atoms with E-state index in [0.29, 0.717) is 10.3 Å². The molecule has 2 aliphatic rings. The maximum Gasteiger partial charge on any atom is 0.258 e. The van der Waals surface area contributed by atoms with E-state index in [0.717, 1.165) is 35.5 Å². The van der Waals surface area contributed by atoms with Gasteiger partial charge < -0.3 is 10.6 Å². The summed E-state index contributed by atoms with van der Waals surface area (Å²) >= 11 is 1.38. The van der Waals surface area contributed by atoms with E-state index in [1.54, 1.807) is 6.07 Å². The van der Waals surface area contributed by atoms with Crippen molar-refractivity contribution >= 4 is 23.2 Å². The van der Waals surface area contributed by atoms with Gasteiger partial charge in [-0.25, -0.2) is 0 Å². The SMILES string of the molecule is NC(=O)c1ccc(-c2ccc(C(=O)N3CCC4(CCCC4)C3)cc2)s1. The summed E-state index contributed by atoms with van der Waals surface area (Å²) in [7, 11) is 0. The third-order valence-corrected chi connectivity index (χ3v) is 6.80. The minimum absolute atomic E-state index is 0.138. The Bertz CT molecular complexity index is 803. The molecule has 5 heteroatoms. The van der Waals surface area contributed by atoms with Gasteiger partial charge in [-0.05, 0) is 54.5 Å². The van der Waals surface area contributed by atoms with E-state index in [9.17, 15) is 9.59 Å². The fourth-order valence-corrected chi connectivity index (χ4v) is 5.09. The molecule has 2 fully saturated rings. The first kappa shape index (κ1) is 16.3. The van der Waals surface area contributed by atoms with Gasteiger partial charge in [-0.2, -0.15) is 0 Å². The molecule has 1 aliphatic heterocycles. The van der Waals surface area contributed by atoms with E-state index in [1.165, 1.54) is 37.0 Å². The molecule has 1 aromatic heterocycles. The Kier molecular flexibility index (Phi) is 4.12. The molecule has 1 aliphatic carbocycles. The number of likely N-dealkylation sites (tertiary alicyclic amines) is 1. The molecule has 4 rings (SSSR count). The third kappa shape index (κ3) is 3.09. The number of amides is 2. The summed E-state index contributed by atoms with van der Waals surface area (Å²) in [5.41, 5.74) is 7.45. The summed E-state index contributed by atoms with van der Waals surface area (Å²) in [6.07, 6.45) is 6.32. The predicted molar refractivity (Wildman–Crippen MR) is 99.7 cm³/mol. The molecule has 2 heterocycles. The van der Waals surface area contributed by atoms with Gasteiger partial charge in [0.2, 0.25) is 0 Å². The van der Waals surface area contributed by atoms with Crippen LogP contribution in [0.1, 0.15) is 52.1 Å². The number of rotatable bonds is 3. The number of thiophene rings is 1. The largest absolute Gasteiger partial charge is 0.365 e. The highest BCUT2D eigenvalue weighted by Crippen LogP contribution is 2.45. The topological polar surface area (TPSA) is 63.4 Å². The van der Waals surface area contributed by atoms with Crippen molar-refractivity contribution < 1.29 is 9.59 Å². The van der Waals surface area contributed by atoms with E-state index in [4.69, 9.17) is 5.73 Å². The molecule has 1 saturated carbocycles. The summed E-state index contributed by atoms with van der Waals surface area (Å²) in [6.45, 7) is 1.80. The average Bonchev–Trinajstić information content (AvgIpc) is 3.36. The fourth-order valence-electron chi connectivity index (χ4n) is 4.23. The molecule has 1 spiro atoms. The molecule has 2 amide bonds. The van der Waals surface area contributed by atoms with Crippen LogP contribution < -0.4 is 5.73 Å². The van der Waals surface area contributed by atoms with Gasteiger partial charge in [-0.1, -0.05) is 25.0 Å². The predicted octanol–water partition coefficient (Wildman–Crippen LogP) is 3.92. The number of hydrogen-bond acceptors (Lipinski definition) is 3. The quantitative estimate of drug-likeness (QED) is 0.908. The molecule has 25 heavy (non-hydrogen) atoms. The van der Waals surface area contributed by atoms with E-state index in [2.05, 4.69) is 0 Å². The Balaban J connectivity index is 1.48.